The second kappa shape index (κ2) is 7.83. The average molecular weight is 415 g/mol. The number of aromatic nitrogens is 2. The molecule has 0 fully saturated rings. The van der Waals surface area contributed by atoms with E-state index in [0.29, 0.717) is 11.3 Å². The number of likely N-dealkylation sites (N-methyl/N-ethyl adjacent to an activating group) is 1. The van der Waals surface area contributed by atoms with E-state index in [0.717, 1.165) is 42.6 Å². The number of fused-ring (bicyclic) bond motifs is 1. The van der Waals surface area contributed by atoms with Gasteiger partial charge in [-0.05, 0) is 54.9 Å². The SMILES string of the molecule is CN1CC=C(c2ccnc3[nH]cc(NC(=O)Nc4ccc(C(F)(F)F)cc4)c23)CC1. The molecule has 2 aromatic heterocycles. The normalized spacial score (nSPS) is 15.1. The Morgan fingerprint density at radius 1 is 1.17 bits per heavy atom. The topological polar surface area (TPSA) is 73.0 Å². The highest BCUT2D eigenvalue weighted by atomic mass is 19.4. The van der Waals surface area contributed by atoms with Gasteiger partial charge in [0.05, 0.1) is 11.3 Å². The molecule has 0 spiro atoms. The van der Waals surface area contributed by atoms with Gasteiger partial charge in [-0.2, -0.15) is 13.2 Å². The van der Waals surface area contributed by atoms with Crippen LogP contribution in [0.15, 0.2) is 48.8 Å². The van der Waals surface area contributed by atoms with Gasteiger partial charge in [0.25, 0.3) is 0 Å². The van der Waals surface area contributed by atoms with Crippen molar-refractivity contribution in [3.8, 4) is 0 Å². The van der Waals surface area contributed by atoms with Crippen LogP contribution >= 0.6 is 0 Å². The Kier molecular flexibility index (Phi) is 5.21. The Balaban J connectivity index is 1.55. The van der Waals surface area contributed by atoms with Gasteiger partial charge >= 0.3 is 12.2 Å². The summed E-state index contributed by atoms with van der Waals surface area (Å²) in [6, 6.07) is 5.66. The van der Waals surface area contributed by atoms with Crippen molar-refractivity contribution in [3.05, 3.63) is 59.9 Å². The Hall–Kier alpha value is -3.33. The summed E-state index contributed by atoms with van der Waals surface area (Å²) in [6.07, 6.45) is 2.01. The highest BCUT2D eigenvalue weighted by Crippen LogP contribution is 2.33. The Morgan fingerprint density at radius 3 is 2.60 bits per heavy atom. The van der Waals surface area contributed by atoms with E-state index in [1.54, 1.807) is 12.4 Å². The van der Waals surface area contributed by atoms with E-state index in [2.05, 4.69) is 38.6 Å². The van der Waals surface area contributed by atoms with Gasteiger partial charge in [-0.3, -0.25) is 0 Å². The van der Waals surface area contributed by atoms with Gasteiger partial charge in [0.2, 0.25) is 0 Å². The minimum absolute atomic E-state index is 0.261. The third kappa shape index (κ3) is 4.16. The van der Waals surface area contributed by atoms with Gasteiger partial charge in [0, 0.05) is 36.6 Å². The van der Waals surface area contributed by atoms with Crippen LogP contribution in [0.25, 0.3) is 16.6 Å². The Labute approximate surface area is 170 Å². The minimum Gasteiger partial charge on any atom is -0.344 e. The smallest absolute Gasteiger partial charge is 0.344 e. The van der Waals surface area contributed by atoms with Crippen LogP contribution in [0.2, 0.25) is 0 Å². The summed E-state index contributed by atoms with van der Waals surface area (Å²) in [5, 5.41) is 6.12. The molecule has 30 heavy (non-hydrogen) atoms. The first-order valence-corrected chi connectivity index (χ1v) is 9.40. The Bertz CT molecular complexity index is 1100. The van der Waals surface area contributed by atoms with E-state index in [9.17, 15) is 18.0 Å². The number of urea groups is 1. The van der Waals surface area contributed by atoms with Crippen molar-refractivity contribution in [1.82, 2.24) is 14.9 Å². The molecule has 3 heterocycles. The molecule has 0 unspecified atom stereocenters. The lowest BCUT2D eigenvalue weighted by Gasteiger charge is -2.22. The number of carbonyl (C=O) groups is 1. The second-order valence-corrected chi connectivity index (χ2v) is 7.18. The first kappa shape index (κ1) is 20.0. The van der Waals surface area contributed by atoms with Crippen LogP contribution in [0, 0.1) is 0 Å². The van der Waals surface area contributed by atoms with E-state index < -0.39 is 17.8 Å². The number of amides is 2. The largest absolute Gasteiger partial charge is 0.416 e. The zero-order valence-electron chi connectivity index (χ0n) is 16.2. The van der Waals surface area contributed by atoms with Crippen molar-refractivity contribution in [1.29, 1.82) is 0 Å². The molecule has 0 radical (unpaired) electrons. The summed E-state index contributed by atoms with van der Waals surface area (Å²) < 4.78 is 38.0. The van der Waals surface area contributed by atoms with Crippen molar-refractivity contribution >= 4 is 34.0 Å². The maximum absolute atomic E-state index is 12.7. The molecule has 9 heteroatoms. The Morgan fingerprint density at radius 2 is 1.93 bits per heavy atom. The highest BCUT2D eigenvalue weighted by Gasteiger charge is 2.30. The van der Waals surface area contributed by atoms with Crippen LogP contribution in [0.4, 0.5) is 29.3 Å². The summed E-state index contributed by atoms with van der Waals surface area (Å²) >= 11 is 0. The molecule has 0 aliphatic carbocycles. The van der Waals surface area contributed by atoms with Gasteiger partial charge in [-0.15, -0.1) is 0 Å². The lowest BCUT2D eigenvalue weighted by atomic mass is 9.97. The van der Waals surface area contributed by atoms with Crippen molar-refractivity contribution < 1.29 is 18.0 Å². The summed E-state index contributed by atoms with van der Waals surface area (Å²) in [7, 11) is 2.06. The van der Waals surface area contributed by atoms with Crippen molar-refractivity contribution in [2.75, 3.05) is 30.8 Å². The third-order valence-corrected chi connectivity index (χ3v) is 5.05. The summed E-state index contributed by atoms with van der Waals surface area (Å²) in [5.74, 6) is 0. The number of halogens is 3. The highest BCUT2D eigenvalue weighted by molar-refractivity contribution is 6.08. The van der Waals surface area contributed by atoms with Crippen LogP contribution in [0.3, 0.4) is 0 Å². The number of benzene rings is 1. The van der Waals surface area contributed by atoms with E-state index in [1.165, 1.54) is 17.7 Å². The molecule has 1 aliphatic heterocycles. The van der Waals surface area contributed by atoms with E-state index in [1.807, 2.05) is 6.07 Å². The fourth-order valence-corrected chi connectivity index (χ4v) is 3.47. The predicted octanol–water partition coefficient (Wildman–Crippen LogP) is 4.94. The molecule has 3 aromatic rings. The van der Waals surface area contributed by atoms with Crippen LogP contribution in [0.5, 0.6) is 0 Å². The van der Waals surface area contributed by atoms with Crippen LogP contribution < -0.4 is 10.6 Å². The molecule has 1 aromatic carbocycles. The quantitative estimate of drug-likeness (QED) is 0.567. The monoisotopic (exact) mass is 415 g/mol. The average Bonchev–Trinajstić information content (AvgIpc) is 3.11. The molecule has 6 nitrogen and oxygen atoms in total. The van der Waals surface area contributed by atoms with E-state index in [4.69, 9.17) is 0 Å². The molecule has 156 valence electrons. The third-order valence-electron chi connectivity index (χ3n) is 5.05. The maximum Gasteiger partial charge on any atom is 0.416 e. The maximum atomic E-state index is 12.7. The molecule has 4 rings (SSSR count). The van der Waals surface area contributed by atoms with Crippen molar-refractivity contribution in [2.24, 2.45) is 0 Å². The molecule has 0 saturated heterocycles. The molecule has 0 saturated carbocycles. The number of hydrogen-bond donors (Lipinski definition) is 3. The standard InChI is InChI=1S/C21H20F3N5O/c1-29-10-7-13(8-11-29)16-6-9-25-19-18(16)17(12-26-19)28-20(30)27-15-4-2-14(3-5-15)21(22,23)24/h2-7,9,12H,8,10-11H2,1H3,(H,25,26)(H2,27,28,30). The molecular formula is C21H20F3N5O. The number of aromatic amines is 1. The zero-order valence-corrected chi connectivity index (χ0v) is 16.2. The number of nitrogens with one attached hydrogen (secondary N) is 3. The minimum atomic E-state index is -4.42. The second-order valence-electron chi connectivity index (χ2n) is 7.18. The number of alkyl halides is 3. The summed E-state index contributed by atoms with van der Waals surface area (Å²) in [5.41, 5.74) is 2.88. The van der Waals surface area contributed by atoms with E-state index in [-0.39, 0.29) is 5.69 Å². The van der Waals surface area contributed by atoms with E-state index >= 15 is 0 Å². The van der Waals surface area contributed by atoms with Crippen LogP contribution in [0.1, 0.15) is 17.5 Å². The number of anilines is 2. The van der Waals surface area contributed by atoms with Gasteiger partial charge in [0.15, 0.2) is 0 Å². The molecule has 0 bridgehead atoms. The molecule has 3 N–H and O–H groups in total. The lowest BCUT2D eigenvalue weighted by Crippen LogP contribution is -2.23. The number of H-pyrrole nitrogens is 1. The summed E-state index contributed by atoms with van der Waals surface area (Å²) in [6.45, 7) is 1.79. The molecule has 2 amide bonds. The van der Waals surface area contributed by atoms with Crippen molar-refractivity contribution in [2.45, 2.75) is 12.6 Å². The van der Waals surface area contributed by atoms with Gasteiger partial charge in [-0.25, -0.2) is 9.78 Å². The van der Waals surface area contributed by atoms with Gasteiger partial charge in [-0.1, -0.05) is 6.08 Å². The lowest BCUT2D eigenvalue weighted by molar-refractivity contribution is -0.137. The first-order valence-electron chi connectivity index (χ1n) is 9.40. The number of carbonyl (C=O) groups excluding carboxylic acids is 1. The first-order chi connectivity index (χ1) is 14.3. The number of pyridine rings is 1. The number of rotatable bonds is 3. The van der Waals surface area contributed by atoms with Gasteiger partial charge in [0.1, 0.15) is 5.65 Å². The fourth-order valence-electron chi connectivity index (χ4n) is 3.47. The number of nitrogens with zero attached hydrogens (tertiary/aromatic N) is 2. The number of hydrogen-bond acceptors (Lipinski definition) is 3. The van der Waals surface area contributed by atoms with Gasteiger partial charge < -0.3 is 20.5 Å². The molecule has 0 atom stereocenters. The van der Waals surface area contributed by atoms with Crippen molar-refractivity contribution in [3.63, 3.8) is 0 Å². The predicted molar refractivity (Wildman–Crippen MR) is 110 cm³/mol. The molecule has 1 aliphatic rings. The zero-order chi connectivity index (χ0) is 21.3. The summed E-state index contributed by atoms with van der Waals surface area (Å²) in [4.78, 5) is 22.0. The van der Waals surface area contributed by atoms with Crippen LogP contribution in [-0.4, -0.2) is 41.0 Å². The van der Waals surface area contributed by atoms with Crippen LogP contribution in [-0.2, 0) is 6.18 Å². The molecular weight excluding hydrogens is 395 g/mol. The fraction of sp³-hybridized carbons (Fsp3) is 0.238.